The SMILES string of the molecule is CC(CN1CCCCC1)c1ccc(Cl)cc1. The lowest BCUT2D eigenvalue weighted by molar-refractivity contribution is 0.219. The predicted octanol–water partition coefficient (Wildman–Crippen LogP) is 3.93. The second-order valence-corrected chi connectivity index (χ2v) is 5.25. The molecule has 1 aliphatic rings. The molecule has 0 bridgehead atoms. The van der Waals surface area contributed by atoms with Gasteiger partial charge in [-0.25, -0.2) is 0 Å². The minimum Gasteiger partial charge on any atom is -0.303 e. The lowest BCUT2D eigenvalue weighted by Gasteiger charge is -2.29. The maximum Gasteiger partial charge on any atom is 0.0406 e. The molecule has 1 aromatic carbocycles. The van der Waals surface area contributed by atoms with Crippen molar-refractivity contribution in [3.63, 3.8) is 0 Å². The lowest BCUT2D eigenvalue weighted by atomic mass is 9.99. The van der Waals surface area contributed by atoms with Gasteiger partial charge < -0.3 is 4.90 Å². The summed E-state index contributed by atoms with van der Waals surface area (Å²) in [5.41, 5.74) is 1.40. The molecule has 0 spiro atoms. The fraction of sp³-hybridized carbons (Fsp3) is 0.571. The third-order valence-corrected chi connectivity index (χ3v) is 3.67. The van der Waals surface area contributed by atoms with Crippen LogP contribution >= 0.6 is 11.6 Å². The topological polar surface area (TPSA) is 3.24 Å². The van der Waals surface area contributed by atoms with Crippen molar-refractivity contribution in [2.75, 3.05) is 19.6 Å². The Balaban J connectivity index is 1.91. The van der Waals surface area contributed by atoms with E-state index in [2.05, 4.69) is 24.0 Å². The summed E-state index contributed by atoms with van der Waals surface area (Å²) in [5.74, 6) is 0.607. The minimum absolute atomic E-state index is 0.607. The molecule has 1 heterocycles. The molecule has 2 rings (SSSR count). The van der Waals surface area contributed by atoms with Crippen LogP contribution in [-0.2, 0) is 0 Å². The molecule has 1 nitrogen and oxygen atoms in total. The van der Waals surface area contributed by atoms with Gasteiger partial charge in [0, 0.05) is 11.6 Å². The van der Waals surface area contributed by atoms with Gasteiger partial charge in [-0.1, -0.05) is 37.1 Å². The van der Waals surface area contributed by atoms with Crippen LogP contribution in [0.5, 0.6) is 0 Å². The zero-order valence-corrected chi connectivity index (χ0v) is 10.7. The minimum atomic E-state index is 0.607. The maximum atomic E-state index is 5.90. The van der Waals surface area contributed by atoms with Gasteiger partial charge in [0.05, 0.1) is 0 Å². The third kappa shape index (κ3) is 3.23. The van der Waals surface area contributed by atoms with Crippen molar-refractivity contribution in [2.24, 2.45) is 0 Å². The molecule has 1 aliphatic heterocycles. The lowest BCUT2D eigenvalue weighted by Crippen LogP contribution is -2.32. The first kappa shape index (κ1) is 11.9. The summed E-state index contributed by atoms with van der Waals surface area (Å²) in [6.07, 6.45) is 4.15. The van der Waals surface area contributed by atoms with E-state index in [-0.39, 0.29) is 0 Å². The number of hydrogen-bond acceptors (Lipinski definition) is 1. The van der Waals surface area contributed by atoms with Gasteiger partial charge in [0.25, 0.3) is 0 Å². The molecule has 1 aromatic rings. The van der Waals surface area contributed by atoms with Gasteiger partial charge in [-0.05, 0) is 49.5 Å². The zero-order valence-electron chi connectivity index (χ0n) is 9.95. The van der Waals surface area contributed by atoms with Crippen LogP contribution in [0.4, 0.5) is 0 Å². The molecule has 2 heteroatoms. The molecule has 16 heavy (non-hydrogen) atoms. The van der Waals surface area contributed by atoms with E-state index >= 15 is 0 Å². The van der Waals surface area contributed by atoms with Crippen LogP contribution < -0.4 is 0 Å². The van der Waals surface area contributed by atoms with Crippen molar-refractivity contribution in [2.45, 2.75) is 32.1 Å². The number of halogens is 1. The third-order valence-electron chi connectivity index (χ3n) is 3.42. The second-order valence-electron chi connectivity index (χ2n) is 4.81. The number of nitrogens with zero attached hydrogens (tertiary/aromatic N) is 1. The summed E-state index contributed by atoms with van der Waals surface area (Å²) in [4.78, 5) is 2.59. The van der Waals surface area contributed by atoms with Crippen molar-refractivity contribution >= 4 is 11.6 Å². The van der Waals surface area contributed by atoms with Crippen molar-refractivity contribution in [3.05, 3.63) is 34.9 Å². The van der Waals surface area contributed by atoms with Gasteiger partial charge in [0.2, 0.25) is 0 Å². The first-order valence-corrected chi connectivity index (χ1v) is 6.61. The number of hydrogen-bond donors (Lipinski definition) is 0. The van der Waals surface area contributed by atoms with Crippen LogP contribution in [0.1, 0.15) is 37.7 Å². The molecule has 1 fully saturated rings. The number of likely N-dealkylation sites (tertiary alicyclic amines) is 1. The fourth-order valence-electron chi connectivity index (χ4n) is 2.43. The quantitative estimate of drug-likeness (QED) is 0.770. The standard InChI is InChI=1S/C14H20ClN/c1-12(11-16-9-3-2-4-10-16)13-5-7-14(15)8-6-13/h5-8,12H,2-4,9-11H2,1H3. The fourth-order valence-corrected chi connectivity index (χ4v) is 2.55. The molecular weight excluding hydrogens is 218 g/mol. The molecular formula is C14H20ClN. The molecule has 0 radical (unpaired) electrons. The Morgan fingerprint density at radius 3 is 2.38 bits per heavy atom. The van der Waals surface area contributed by atoms with Crippen LogP contribution in [0.25, 0.3) is 0 Å². The summed E-state index contributed by atoms with van der Waals surface area (Å²) in [6.45, 7) is 6.04. The van der Waals surface area contributed by atoms with Gasteiger partial charge in [-0.3, -0.25) is 0 Å². The summed E-state index contributed by atoms with van der Waals surface area (Å²) in [5, 5.41) is 0.828. The Morgan fingerprint density at radius 2 is 1.75 bits per heavy atom. The first-order chi connectivity index (χ1) is 7.75. The normalized spacial score (nSPS) is 19.6. The van der Waals surface area contributed by atoms with Gasteiger partial charge in [0.1, 0.15) is 0 Å². The van der Waals surface area contributed by atoms with Crippen molar-refractivity contribution < 1.29 is 0 Å². The van der Waals surface area contributed by atoms with Crippen LogP contribution in [0.3, 0.4) is 0 Å². The van der Waals surface area contributed by atoms with E-state index in [4.69, 9.17) is 11.6 Å². The number of rotatable bonds is 3. The van der Waals surface area contributed by atoms with Crippen molar-refractivity contribution in [1.82, 2.24) is 4.90 Å². The van der Waals surface area contributed by atoms with Gasteiger partial charge in [-0.2, -0.15) is 0 Å². The highest BCUT2D eigenvalue weighted by Crippen LogP contribution is 2.20. The van der Waals surface area contributed by atoms with Gasteiger partial charge in [0.15, 0.2) is 0 Å². The highest BCUT2D eigenvalue weighted by atomic mass is 35.5. The molecule has 0 N–H and O–H groups in total. The molecule has 1 saturated heterocycles. The van der Waals surface area contributed by atoms with Crippen LogP contribution in [0.15, 0.2) is 24.3 Å². The highest BCUT2D eigenvalue weighted by molar-refractivity contribution is 6.30. The molecule has 0 aromatic heterocycles. The smallest absolute Gasteiger partial charge is 0.0406 e. The van der Waals surface area contributed by atoms with Crippen LogP contribution in [-0.4, -0.2) is 24.5 Å². The summed E-state index contributed by atoms with van der Waals surface area (Å²) in [7, 11) is 0. The number of piperidine rings is 1. The van der Waals surface area contributed by atoms with Gasteiger partial charge in [-0.15, -0.1) is 0 Å². The summed E-state index contributed by atoms with van der Waals surface area (Å²) >= 11 is 5.90. The Morgan fingerprint density at radius 1 is 1.12 bits per heavy atom. The van der Waals surface area contributed by atoms with Crippen LogP contribution in [0, 0.1) is 0 Å². The van der Waals surface area contributed by atoms with E-state index in [1.54, 1.807) is 0 Å². The largest absolute Gasteiger partial charge is 0.303 e. The molecule has 88 valence electrons. The Labute approximate surface area is 103 Å². The highest BCUT2D eigenvalue weighted by Gasteiger charge is 2.14. The zero-order chi connectivity index (χ0) is 11.4. The maximum absolute atomic E-state index is 5.90. The Hall–Kier alpha value is -0.530. The first-order valence-electron chi connectivity index (χ1n) is 6.23. The summed E-state index contributed by atoms with van der Waals surface area (Å²) in [6, 6.07) is 8.28. The van der Waals surface area contributed by atoms with E-state index < -0.39 is 0 Å². The monoisotopic (exact) mass is 237 g/mol. The van der Waals surface area contributed by atoms with E-state index in [1.807, 2.05) is 12.1 Å². The molecule has 1 unspecified atom stereocenters. The second kappa shape index (κ2) is 5.70. The average Bonchev–Trinajstić information content (AvgIpc) is 2.31. The van der Waals surface area contributed by atoms with Crippen molar-refractivity contribution in [1.29, 1.82) is 0 Å². The number of benzene rings is 1. The van der Waals surface area contributed by atoms with E-state index in [0.717, 1.165) is 5.02 Å². The van der Waals surface area contributed by atoms with E-state index in [9.17, 15) is 0 Å². The molecule has 1 atom stereocenters. The molecule has 0 saturated carbocycles. The Bertz CT molecular complexity index is 314. The summed E-state index contributed by atoms with van der Waals surface area (Å²) < 4.78 is 0. The van der Waals surface area contributed by atoms with Crippen LogP contribution in [0.2, 0.25) is 5.02 Å². The molecule has 0 aliphatic carbocycles. The average molecular weight is 238 g/mol. The van der Waals surface area contributed by atoms with E-state index in [0.29, 0.717) is 5.92 Å². The van der Waals surface area contributed by atoms with E-state index in [1.165, 1.54) is 44.5 Å². The predicted molar refractivity (Wildman–Crippen MR) is 70.2 cm³/mol. The molecule has 0 amide bonds. The van der Waals surface area contributed by atoms with Crippen molar-refractivity contribution in [3.8, 4) is 0 Å². The van der Waals surface area contributed by atoms with Gasteiger partial charge >= 0.3 is 0 Å². The Kier molecular flexibility index (Phi) is 4.25.